The SMILES string of the molecule is Cc1cc(Br)cc(C(N)c2ccccc2)c1. The first-order chi connectivity index (χ1) is 7.66. The van der Waals surface area contributed by atoms with Gasteiger partial charge in [-0.15, -0.1) is 0 Å². The molecule has 82 valence electrons. The Bertz CT molecular complexity index is 459. The van der Waals surface area contributed by atoms with Crippen LogP contribution in [0.4, 0.5) is 0 Å². The van der Waals surface area contributed by atoms with Gasteiger partial charge in [-0.25, -0.2) is 0 Å². The summed E-state index contributed by atoms with van der Waals surface area (Å²) in [5, 5.41) is 0. The summed E-state index contributed by atoms with van der Waals surface area (Å²) >= 11 is 3.50. The molecule has 2 rings (SSSR count). The van der Waals surface area contributed by atoms with Crippen LogP contribution in [0.2, 0.25) is 0 Å². The van der Waals surface area contributed by atoms with Crippen LogP contribution < -0.4 is 5.73 Å². The molecule has 0 radical (unpaired) electrons. The third kappa shape index (κ3) is 2.52. The molecule has 0 aromatic heterocycles. The van der Waals surface area contributed by atoms with Gasteiger partial charge in [0.1, 0.15) is 0 Å². The molecule has 1 atom stereocenters. The van der Waals surface area contributed by atoms with Gasteiger partial charge in [-0.1, -0.05) is 52.3 Å². The summed E-state index contributed by atoms with van der Waals surface area (Å²) in [5.74, 6) is 0. The summed E-state index contributed by atoms with van der Waals surface area (Å²) in [6, 6.07) is 16.4. The van der Waals surface area contributed by atoms with Crippen LogP contribution in [0.25, 0.3) is 0 Å². The predicted molar refractivity (Wildman–Crippen MR) is 71.4 cm³/mol. The summed E-state index contributed by atoms with van der Waals surface area (Å²) in [7, 11) is 0. The maximum absolute atomic E-state index is 6.23. The first-order valence-electron chi connectivity index (χ1n) is 5.24. The molecule has 0 aliphatic carbocycles. The predicted octanol–water partition coefficient (Wildman–Crippen LogP) is 3.81. The Kier molecular flexibility index (Phi) is 3.42. The van der Waals surface area contributed by atoms with Gasteiger partial charge in [-0.05, 0) is 35.7 Å². The number of nitrogens with two attached hydrogens (primary N) is 1. The Morgan fingerprint density at radius 1 is 1.00 bits per heavy atom. The van der Waals surface area contributed by atoms with Crippen LogP contribution in [0, 0.1) is 6.92 Å². The fourth-order valence-corrected chi connectivity index (χ4v) is 2.42. The second-order valence-corrected chi connectivity index (χ2v) is 4.87. The van der Waals surface area contributed by atoms with E-state index in [1.54, 1.807) is 0 Å². The highest BCUT2D eigenvalue weighted by Gasteiger charge is 2.09. The van der Waals surface area contributed by atoms with E-state index in [1.165, 1.54) is 5.56 Å². The van der Waals surface area contributed by atoms with Crippen molar-refractivity contribution in [3.05, 3.63) is 69.7 Å². The van der Waals surface area contributed by atoms with Gasteiger partial charge in [0.25, 0.3) is 0 Å². The molecule has 0 aliphatic heterocycles. The Morgan fingerprint density at radius 3 is 2.31 bits per heavy atom. The zero-order valence-electron chi connectivity index (χ0n) is 9.15. The highest BCUT2D eigenvalue weighted by molar-refractivity contribution is 9.10. The van der Waals surface area contributed by atoms with Crippen LogP contribution >= 0.6 is 15.9 Å². The van der Waals surface area contributed by atoms with Crippen LogP contribution in [-0.4, -0.2) is 0 Å². The van der Waals surface area contributed by atoms with Crippen LogP contribution in [0.1, 0.15) is 22.7 Å². The third-order valence-electron chi connectivity index (χ3n) is 2.58. The molecule has 0 heterocycles. The van der Waals surface area contributed by atoms with Crippen molar-refractivity contribution in [3.8, 4) is 0 Å². The fraction of sp³-hybridized carbons (Fsp3) is 0.143. The van der Waals surface area contributed by atoms with Crippen LogP contribution in [0.15, 0.2) is 53.0 Å². The summed E-state index contributed by atoms with van der Waals surface area (Å²) in [4.78, 5) is 0. The topological polar surface area (TPSA) is 26.0 Å². The molecule has 0 fully saturated rings. The smallest absolute Gasteiger partial charge is 0.0552 e. The second kappa shape index (κ2) is 4.81. The molecule has 2 N–H and O–H groups in total. The van der Waals surface area contributed by atoms with Gasteiger partial charge in [-0.2, -0.15) is 0 Å². The minimum atomic E-state index is -0.0580. The van der Waals surface area contributed by atoms with Crippen molar-refractivity contribution in [2.45, 2.75) is 13.0 Å². The number of benzene rings is 2. The standard InChI is InChI=1S/C14H14BrN/c1-10-7-12(9-13(15)8-10)14(16)11-5-3-2-4-6-11/h2-9,14H,16H2,1H3. The van der Waals surface area contributed by atoms with E-state index in [2.05, 4.69) is 53.2 Å². The molecule has 2 heteroatoms. The molecule has 0 amide bonds. The zero-order chi connectivity index (χ0) is 11.5. The Morgan fingerprint density at radius 2 is 1.69 bits per heavy atom. The van der Waals surface area contributed by atoms with Gasteiger partial charge >= 0.3 is 0 Å². The van der Waals surface area contributed by atoms with Gasteiger partial charge < -0.3 is 5.73 Å². The molecular formula is C14H14BrN. The van der Waals surface area contributed by atoms with Crippen molar-refractivity contribution < 1.29 is 0 Å². The molecular weight excluding hydrogens is 262 g/mol. The van der Waals surface area contributed by atoms with Crippen molar-refractivity contribution in [2.24, 2.45) is 5.73 Å². The monoisotopic (exact) mass is 275 g/mol. The van der Waals surface area contributed by atoms with E-state index in [1.807, 2.05) is 18.2 Å². The molecule has 0 saturated heterocycles. The van der Waals surface area contributed by atoms with E-state index >= 15 is 0 Å². The van der Waals surface area contributed by atoms with Crippen LogP contribution in [-0.2, 0) is 0 Å². The quantitative estimate of drug-likeness (QED) is 0.887. The lowest BCUT2D eigenvalue weighted by Crippen LogP contribution is -2.11. The lowest BCUT2D eigenvalue weighted by Gasteiger charge is -2.13. The molecule has 0 spiro atoms. The molecule has 1 nitrogen and oxygen atoms in total. The summed E-state index contributed by atoms with van der Waals surface area (Å²) in [6.45, 7) is 2.08. The number of halogens is 1. The van der Waals surface area contributed by atoms with E-state index in [9.17, 15) is 0 Å². The summed E-state index contributed by atoms with van der Waals surface area (Å²) in [6.07, 6.45) is 0. The van der Waals surface area contributed by atoms with E-state index in [0.29, 0.717) is 0 Å². The molecule has 0 saturated carbocycles. The fourth-order valence-electron chi connectivity index (χ4n) is 1.80. The minimum absolute atomic E-state index is 0.0580. The average Bonchev–Trinajstić information content (AvgIpc) is 2.28. The molecule has 1 unspecified atom stereocenters. The molecule has 2 aromatic carbocycles. The van der Waals surface area contributed by atoms with Crippen LogP contribution in [0.5, 0.6) is 0 Å². The van der Waals surface area contributed by atoms with Gasteiger partial charge in [0.2, 0.25) is 0 Å². The van der Waals surface area contributed by atoms with Crippen molar-refractivity contribution >= 4 is 15.9 Å². The van der Waals surface area contributed by atoms with Crippen molar-refractivity contribution in [2.75, 3.05) is 0 Å². The molecule has 16 heavy (non-hydrogen) atoms. The Hall–Kier alpha value is -1.12. The first-order valence-corrected chi connectivity index (χ1v) is 6.04. The molecule has 0 bridgehead atoms. The highest BCUT2D eigenvalue weighted by Crippen LogP contribution is 2.23. The lowest BCUT2D eigenvalue weighted by atomic mass is 9.98. The van der Waals surface area contributed by atoms with E-state index < -0.39 is 0 Å². The Balaban J connectivity index is 2.37. The van der Waals surface area contributed by atoms with Crippen LogP contribution in [0.3, 0.4) is 0 Å². The number of hydrogen-bond acceptors (Lipinski definition) is 1. The van der Waals surface area contributed by atoms with E-state index in [4.69, 9.17) is 5.73 Å². The Labute approximate surface area is 104 Å². The lowest BCUT2D eigenvalue weighted by molar-refractivity contribution is 0.869. The summed E-state index contributed by atoms with van der Waals surface area (Å²) < 4.78 is 1.08. The van der Waals surface area contributed by atoms with Crippen molar-refractivity contribution in [1.82, 2.24) is 0 Å². The molecule has 0 aliphatic rings. The highest BCUT2D eigenvalue weighted by atomic mass is 79.9. The normalized spacial score (nSPS) is 12.4. The van der Waals surface area contributed by atoms with Gasteiger partial charge in [-0.3, -0.25) is 0 Å². The largest absolute Gasteiger partial charge is 0.320 e. The molecule has 2 aromatic rings. The maximum atomic E-state index is 6.23. The van der Waals surface area contributed by atoms with Gasteiger partial charge in [0.15, 0.2) is 0 Å². The summed E-state index contributed by atoms with van der Waals surface area (Å²) in [5.41, 5.74) is 9.73. The average molecular weight is 276 g/mol. The van der Waals surface area contributed by atoms with E-state index in [0.717, 1.165) is 15.6 Å². The number of rotatable bonds is 2. The number of hydrogen-bond donors (Lipinski definition) is 1. The van der Waals surface area contributed by atoms with E-state index in [-0.39, 0.29) is 6.04 Å². The minimum Gasteiger partial charge on any atom is -0.320 e. The van der Waals surface area contributed by atoms with Gasteiger partial charge in [0, 0.05) is 4.47 Å². The third-order valence-corrected chi connectivity index (χ3v) is 3.04. The second-order valence-electron chi connectivity index (χ2n) is 3.95. The number of aryl methyl sites for hydroxylation is 1. The zero-order valence-corrected chi connectivity index (χ0v) is 10.7. The van der Waals surface area contributed by atoms with Crippen molar-refractivity contribution in [3.63, 3.8) is 0 Å². The van der Waals surface area contributed by atoms with Crippen molar-refractivity contribution in [1.29, 1.82) is 0 Å². The van der Waals surface area contributed by atoms with Gasteiger partial charge in [0.05, 0.1) is 6.04 Å². The maximum Gasteiger partial charge on any atom is 0.0552 e. The first kappa shape index (κ1) is 11.4.